The molecule has 0 heterocycles. The number of carbonyl (C=O) groups excluding carboxylic acids is 1. The first-order valence-corrected chi connectivity index (χ1v) is 7.86. The van der Waals surface area contributed by atoms with Gasteiger partial charge in [-0.3, -0.25) is 4.79 Å². The fourth-order valence-corrected chi connectivity index (χ4v) is 2.99. The van der Waals surface area contributed by atoms with Crippen LogP contribution in [0.2, 0.25) is 0 Å². The predicted molar refractivity (Wildman–Crippen MR) is 97.9 cm³/mol. The maximum absolute atomic E-state index is 12.7. The summed E-state index contributed by atoms with van der Waals surface area (Å²) in [6, 6.07) is 25.6. The van der Waals surface area contributed by atoms with Crippen molar-refractivity contribution in [1.29, 1.82) is 0 Å². The molecule has 0 bridgehead atoms. The second-order valence-electron chi connectivity index (χ2n) is 5.82. The van der Waals surface area contributed by atoms with Crippen LogP contribution in [0.1, 0.15) is 15.9 Å². The van der Waals surface area contributed by atoms with E-state index in [0.717, 1.165) is 16.5 Å². The van der Waals surface area contributed by atoms with E-state index >= 15 is 0 Å². The average Bonchev–Trinajstić information content (AvgIpc) is 2.65. The molecular formula is C22H16O2. The number of ether oxygens (including phenoxy) is 1. The molecule has 0 saturated heterocycles. The third-order valence-electron chi connectivity index (χ3n) is 4.32. The predicted octanol–water partition coefficient (Wildman–Crippen LogP) is 5.23. The van der Waals surface area contributed by atoms with E-state index in [1.54, 1.807) is 19.2 Å². The summed E-state index contributed by atoms with van der Waals surface area (Å²) in [6.45, 7) is 0. The minimum Gasteiger partial charge on any atom is -0.497 e. The van der Waals surface area contributed by atoms with E-state index in [2.05, 4.69) is 24.3 Å². The maximum atomic E-state index is 12.7. The Hall–Kier alpha value is -3.13. The first-order chi connectivity index (χ1) is 11.7. The number of methoxy groups -OCH3 is 1. The molecule has 4 aromatic rings. The van der Waals surface area contributed by atoms with Gasteiger partial charge in [-0.05, 0) is 64.0 Å². The van der Waals surface area contributed by atoms with E-state index in [4.69, 9.17) is 4.74 Å². The van der Waals surface area contributed by atoms with Crippen LogP contribution >= 0.6 is 0 Å². The van der Waals surface area contributed by atoms with E-state index in [9.17, 15) is 4.79 Å². The molecule has 0 saturated carbocycles. The lowest BCUT2D eigenvalue weighted by Gasteiger charge is -2.06. The molecule has 0 spiro atoms. The van der Waals surface area contributed by atoms with Gasteiger partial charge < -0.3 is 4.74 Å². The number of fused-ring (bicyclic) bond motifs is 2. The van der Waals surface area contributed by atoms with Crippen molar-refractivity contribution in [3.63, 3.8) is 0 Å². The summed E-state index contributed by atoms with van der Waals surface area (Å²) in [5.74, 6) is 0.768. The summed E-state index contributed by atoms with van der Waals surface area (Å²) in [5.41, 5.74) is 1.36. The number of ketones is 1. The zero-order valence-corrected chi connectivity index (χ0v) is 13.3. The molecule has 2 heteroatoms. The van der Waals surface area contributed by atoms with Crippen molar-refractivity contribution in [1.82, 2.24) is 0 Å². The quantitative estimate of drug-likeness (QED) is 0.382. The lowest BCUT2D eigenvalue weighted by molar-refractivity contribution is 0.103. The number of benzene rings is 4. The second-order valence-corrected chi connectivity index (χ2v) is 5.82. The van der Waals surface area contributed by atoms with Gasteiger partial charge in [0.15, 0.2) is 5.78 Å². The Morgan fingerprint density at radius 2 is 1.25 bits per heavy atom. The van der Waals surface area contributed by atoms with Crippen LogP contribution in [0.5, 0.6) is 5.75 Å². The van der Waals surface area contributed by atoms with E-state index in [0.29, 0.717) is 11.1 Å². The fourth-order valence-electron chi connectivity index (χ4n) is 2.99. The molecule has 0 aliphatic carbocycles. The molecule has 116 valence electrons. The summed E-state index contributed by atoms with van der Waals surface area (Å²) in [7, 11) is 1.62. The van der Waals surface area contributed by atoms with Gasteiger partial charge >= 0.3 is 0 Å². The molecule has 0 N–H and O–H groups in total. The van der Waals surface area contributed by atoms with Crippen molar-refractivity contribution < 1.29 is 9.53 Å². The highest BCUT2D eigenvalue weighted by atomic mass is 16.5. The summed E-state index contributed by atoms with van der Waals surface area (Å²) in [4.78, 5) is 12.7. The maximum Gasteiger partial charge on any atom is 0.193 e. The highest BCUT2D eigenvalue weighted by Gasteiger charge is 2.10. The van der Waals surface area contributed by atoms with Crippen LogP contribution in [0.15, 0.2) is 78.9 Å². The monoisotopic (exact) mass is 312 g/mol. The molecule has 0 amide bonds. The molecule has 0 radical (unpaired) electrons. The molecule has 0 aromatic heterocycles. The van der Waals surface area contributed by atoms with Crippen molar-refractivity contribution >= 4 is 27.3 Å². The number of carbonyl (C=O) groups is 1. The third-order valence-corrected chi connectivity index (χ3v) is 4.32. The lowest BCUT2D eigenvalue weighted by Crippen LogP contribution is -2.01. The molecule has 2 nitrogen and oxygen atoms in total. The minimum absolute atomic E-state index is 0.0210. The first-order valence-electron chi connectivity index (χ1n) is 7.86. The Morgan fingerprint density at radius 3 is 1.92 bits per heavy atom. The van der Waals surface area contributed by atoms with Crippen LogP contribution in [0, 0.1) is 0 Å². The number of rotatable bonds is 3. The second kappa shape index (κ2) is 5.82. The van der Waals surface area contributed by atoms with Gasteiger partial charge in [-0.1, -0.05) is 36.4 Å². The first kappa shape index (κ1) is 14.5. The molecule has 0 aliphatic rings. The van der Waals surface area contributed by atoms with Gasteiger partial charge in [0.2, 0.25) is 0 Å². The largest absolute Gasteiger partial charge is 0.497 e. The Balaban J connectivity index is 1.78. The van der Waals surface area contributed by atoms with Gasteiger partial charge in [0.25, 0.3) is 0 Å². The normalized spacial score (nSPS) is 10.9. The minimum atomic E-state index is 0.0210. The van der Waals surface area contributed by atoms with Gasteiger partial charge in [-0.15, -0.1) is 0 Å². The number of hydrogen-bond donors (Lipinski definition) is 0. The van der Waals surface area contributed by atoms with Gasteiger partial charge in [0.1, 0.15) is 5.75 Å². The standard InChI is InChI=1S/C22H16O2/c1-24-21-10-8-15(9-11-21)22(23)19-7-6-18-12-16-4-2-3-5-17(16)13-20(18)14-19/h2-14H,1H3. The third kappa shape index (κ3) is 2.52. The van der Waals surface area contributed by atoms with Gasteiger partial charge in [0.05, 0.1) is 7.11 Å². The molecule has 0 aliphatic heterocycles. The van der Waals surface area contributed by atoms with Crippen molar-refractivity contribution in [2.75, 3.05) is 7.11 Å². The Morgan fingerprint density at radius 1 is 0.667 bits per heavy atom. The van der Waals surface area contributed by atoms with E-state index < -0.39 is 0 Å². The van der Waals surface area contributed by atoms with Crippen molar-refractivity contribution in [2.45, 2.75) is 0 Å². The highest BCUT2D eigenvalue weighted by molar-refractivity contribution is 6.11. The molecule has 0 atom stereocenters. The fraction of sp³-hybridized carbons (Fsp3) is 0.0455. The van der Waals surface area contributed by atoms with Crippen LogP contribution in [0.25, 0.3) is 21.5 Å². The highest BCUT2D eigenvalue weighted by Crippen LogP contribution is 2.25. The summed E-state index contributed by atoms with van der Waals surface area (Å²) < 4.78 is 5.14. The van der Waals surface area contributed by atoms with Crippen LogP contribution in [-0.2, 0) is 0 Å². The summed E-state index contributed by atoms with van der Waals surface area (Å²) in [5, 5.41) is 4.60. The molecule has 4 rings (SSSR count). The summed E-state index contributed by atoms with van der Waals surface area (Å²) in [6.07, 6.45) is 0. The van der Waals surface area contributed by atoms with Crippen LogP contribution < -0.4 is 4.74 Å². The van der Waals surface area contributed by atoms with E-state index in [-0.39, 0.29) is 5.78 Å². The zero-order chi connectivity index (χ0) is 16.5. The zero-order valence-electron chi connectivity index (χ0n) is 13.3. The Kier molecular flexibility index (Phi) is 3.51. The van der Waals surface area contributed by atoms with Gasteiger partial charge in [0, 0.05) is 11.1 Å². The Labute approximate surface area is 140 Å². The number of hydrogen-bond acceptors (Lipinski definition) is 2. The Bertz CT molecular complexity index is 1050. The molecule has 4 aromatic carbocycles. The average molecular weight is 312 g/mol. The van der Waals surface area contributed by atoms with Crippen molar-refractivity contribution in [3.05, 3.63) is 90.0 Å². The topological polar surface area (TPSA) is 26.3 Å². The van der Waals surface area contributed by atoms with Crippen LogP contribution in [0.4, 0.5) is 0 Å². The van der Waals surface area contributed by atoms with Crippen molar-refractivity contribution in [3.8, 4) is 5.75 Å². The van der Waals surface area contributed by atoms with Crippen molar-refractivity contribution in [2.24, 2.45) is 0 Å². The molecule has 24 heavy (non-hydrogen) atoms. The smallest absolute Gasteiger partial charge is 0.193 e. The van der Waals surface area contributed by atoms with E-state index in [1.165, 1.54) is 10.8 Å². The lowest BCUT2D eigenvalue weighted by atomic mass is 9.98. The van der Waals surface area contributed by atoms with Crippen LogP contribution in [-0.4, -0.2) is 12.9 Å². The SMILES string of the molecule is COc1ccc(C(=O)c2ccc3cc4ccccc4cc3c2)cc1. The molecule has 0 unspecified atom stereocenters. The summed E-state index contributed by atoms with van der Waals surface area (Å²) >= 11 is 0. The van der Waals surface area contributed by atoms with E-state index in [1.807, 2.05) is 42.5 Å². The van der Waals surface area contributed by atoms with Crippen LogP contribution in [0.3, 0.4) is 0 Å². The molecular weight excluding hydrogens is 296 g/mol. The molecule has 0 fully saturated rings. The van der Waals surface area contributed by atoms with Gasteiger partial charge in [-0.25, -0.2) is 0 Å². The van der Waals surface area contributed by atoms with Gasteiger partial charge in [-0.2, -0.15) is 0 Å².